The van der Waals surface area contributed by atoms with Gasteiger partial charge in [0, 0.05) is 0 Å². The minimum absolute atomic E-state index is 0.370. The first-order valence-corrected chi connectivity index (χ1v) is 7.46. The molecular weight excluding hydrogens is 244 g/mol. The van der Waals surface area contributed by atoms with Crippen LogP contribution < -0.4 is 0 Å². The van der Waals surface area contributed by atoms with Gasteiger partial charge >= 0.3 is 0 Å². The topological polar surface area (TPSA) is 20.2 Å². The van der Waals surface area contributed by atoms with Crippen molar-refractivity contribution in [2.24, 2.45) is 5.92 Å². The third-order valence-corrected chi connectivity index (χ3v) is 3.53. The molecule has 2 aromatic rings. The molecular formula is C19H24O. The van der Waals surface area contributed by atoms with Gasteiger partial charge in [-0.15, -0.1) is 0 Å². The average molecular weight is 268 g/mol. The molecule has 0 aliphatic carbocycles. The number of hydrogen-bond acceptors (Lipinski definition) is 1. The fourth-order valence-electron chi connectivity index (χ4n) is 2.53. The lowest BCUT2D eigenvalue weighted by Gasteiger charge is -2.12. The second kappa shape index (κ2) is 7.25. The molecule has 0 spiro atoms. The molecule has 1 heteroatoms. The Balaban J connectivity index is 1.94. The van der Waals surface area contributed by atoms with Gasteiger partial charge in [0.15, 0.2) is 0 Å². The highest BCUT2D eigenvalue weighted by Crippen LogP contribution is 2.19. The molecule has 0 aliphatic heterocycles. The Kier molecular flexibility index (Phi) is 5.37. The summed E-state index contributed by atoms with van der Waals surface area (Å²) in [5.74, 6) is 0.681. The number of hydrogen-bond donors (Lipinski definition) is 1. The molecule has 106 valence electrons. The van der Waals surface area contributed by atoms with Crippen molar-refractivity contribution in [2.45, 2.75) is 39.2 Å². The standard InChI is InChI=1S/C19H24O/c1-15(2)13-17-8-6-7-16(14-17)11-12-19(20)18-9-4-3-5-10-18/h3-10,14-15,19-20H,11-13H2,1-2H3. The lowest BCUT2D eigenvalue weighted by atomic mass is 9.97. The summed E-state index contributed by atoms with van der Waals surface area (Å²) in [4.78, 5) is 0. The van der Waals surface area contributed by atoms with Gasteiger partial charge in [0.2, 0.25) is 0 Å². The summed E-state index contributed by atoms with van der Waals surface area (Å²) in [6.45, 7) is 4.48. The molecule has 0 saturated carbocycles. The van der Waals surface area contributed by atoms with Crippen molar-refractivity contribution in [3.05, 3.63) is 71.3 Å². The molecule has 1 atom stereocenters. The molecule has 0 aromatic heterocycles. The Morgan fingerprint density at radius 3 is 2.30 bits per heavy atom. The van der Waals surface area contributed by atoms with Gasteiger partial charge in [-0.1, -0.05) is 68.4 Å². The van der Waals surface area contributed by atoms with Crippen molar-refractivity contribution >= 4 is 0 Å². The van der Waals surface area contributed by atoms with E-state index in [1.807, 2.05) is 30.3 Å². The van der Waals surface area contributed by atoms with E-state index in [1.165, 1.54) is 11.1 Å². The Morgan fingerprint density at radius 1 is 0.900 bits per heavy atom. The molecule has 0 bridgehead atoms. The summed E-state index contributed by atoms with van der Waals surface area (Å²) in [6.07, 6.45) is 2.44. The normalized spacial score (nSPS) is 12.6. The monoisotopic (exact) mass is 268 g/mol. The van der Waals surface area contributed by atoms with Gasteiger partial charge in [-0.2, -0.15) is 0 Å². The molecule has 20 heavy (non-hydrogen) atoms. The highest BCUT2D eigenvalue weighted by atomic mass is 16.3. The second-order valence-electron chi connectivity index (χ2n) is 5.88. The van der Waals surface area contributed by atoms with Gasteiger partial charge in [-0.05, 0) is 41.9 Å². The maximum absolute atomic E-state index is 10.2. The third kappa shape index (κ3) is 4.50. The van der Waals surface area contributed by atoms with Gasteiger partial charge < -0.3 is 5.11 Å². The van der Waals surface area contributed by atoms with E-state index in [-0.39, 0.29) is 6.10 Å². The van der Waals surface area contributed by atoms with Crippen LogP contribution in [0.25, 0.3) is 0 Å². The molecule has 1 nitrogen and oxygen atoms in total. The molecule has 0 radical (unpaired) electrons. The van der Waals surface area contributed by atoms with Crippen molar-refractivity contribution in [3.63, 3.8) is 0 Å². The van der Waals surface area contributed by atoms with Crippen LogP contribution in [0.5, 0.6) is 0 Å². The summed E-state index contributed by atoms with van der Waals surface area (Å²) in [5.41, 5.74) is 3.72. The number of aliphatic hydroxyl groups excluding tert-OH is 1. The molecule has 2 rings (SSSR count). The van der Waals surface area contributed by atoms with Crippen molar-refractivity contribution in [2.75, 3.05) is 0 Å². The molecule has 0 amide bonds. The molecule has 0 saturated heterocycles. The Bertz CT molecular complexity index is 516. The Morgan fingerprint density at radius 2 is 1.60 bits per heavy atom. The van der Waals surface area contributed by atoms with E-state index in [9.17, 15) is 5.11 Å². The van der Waals surface area contributed by atoms with E-state index < -0.39 is 0 Å². The van der Waals surface area contributed by atoms with Gasteiger partial charge in [0.05, 0.1) is 6.10 Å². The van der Waals surface area contributed by atoms with Crippen LogP contribution in [0.2, 0.25) is 0 Å². The van der Waals surface area contributed by atoms with Crippen LogP contribution >= 0.6 is 0 Å². The predicted octanol–water partition coefficient (Wildman–Crippen LogP) is 4.55. The zero-order valence-corrected chi connectivity index (χ0v) is 12.4. The Hall–Kier alpha value is -1.60. The maximum atomic E-state index is 10.2. The molecule has 0 fully saturated rings. The van der Waals surface area contributed by atoms with Crippen molar-refractivity contribution in [3.8, 4) is 0 Å². The third-order valence-electron chi connectivity index (χ3n) is 3.53. The fourth-order valence-corrected chi connectivity index (χ4v) is 2.53. The van der Waals surface area contributed by atoms with E-state index in [0.29, 0.717) is 5.92 Å². The number of benzene rings is 2. The van der Waals surface area contributed by atoms with Crippen LogP contribution in [0, 0.1) is 5.92 Å². The summed E-state index contributed by atoms with van der Waals surface area (Å²) < 4.78 is 0. The molecule has 0 heterocycles. The largest absolute Gasteiger partial charge is 0.388 e. The maximum Gasteiger partial charge on any atom is 0.0793 e. The second-order valence-corrected chi connectivity index (χ2v) is 5.88. The van der Waals surface area contributed by atoms with Crippen molar-refractivity contribution < 1.29 is 5.11 Å². The lowest BCUT2D eigenvalue weighted by molar-refractivity contribution is 0.168. The minimum atomic E-state index is -0.370. The van der Waals surface area contributed by atoms with Gasteiger partial charge in [-0.25, -0.2) is 0 Å². The van der Waals surface area contributed by atoms with E-state index >= 15 is 0 Å². The average Bonchev–Trinajstić information content (AvgIpc) is 2.45. The quantitative estimate of drug-likeness (QED) is 0.814. The van der Waals surface area contributed by atoms with Crippen LogP contribution in [0.15, 0.2) is 54.6 Å². The first-order valence-electron chi connectivity index (χ1n) is 7.46. The summed E-state index contributed by atoms with van der Waals surface area (Å²) in [7, 11) is 0. The molecule has 1 unspecified atom stereocenters. The first-order chi connectivity index (χ1) is 9.65. The van der Waals surface area contributed by atoms with Crippen LogP contribution in [0.3, 0.4) is 0 Å². The number of aliphatic hydroxyl groups is 1. The van der Waals surface area contributed by atoms with E-state index in [0.717, 1.165) is 24.8 Å². The molecule has 1 N–H and O–H groups in total. The van der Waals surface area contributed by atoms with Gasteiger partial charge in [0.25, 0.3) is 0 Å². The van der Waals surface area contributed by atoms with E-state index in [4.69, 9.17) is 0 Å². The molecule has 0 aliphatic rings. The van der Waals surface area contributed by atoms with Crippen molar-refractivity contribution in [1.29, 1.82) is 0 Å². The Labute approximate surface area is 122 Å². The van der Waals surface area contributed by atoms with E-state index in [1.54, 1.807) is 0 Å². The number of aryl methyl sites for hydroxylation is 1. The number of rotatable bonds is 6. The van der Waals surface area contributed by atoms with Crippen LogP contribution in [-0.4, -0.2) is 5.11 Å². The highest BCUT2D eigenvalue weighted by molar-refractivity contribution is 5.24. The van der Waals surface area contributed by atoms with Gasteiger partial charge in [0.1, 0.15) is 0 Å². The van der Waals surface area contributed by atoms with Crippen LogP contribution in [0.4, 0.5) is 0 Å². The minimum Gasteiger partial charge on any atom is -0.388 e. The van der Waals surface area contributed by atoms with Crippen molar-refractivity contribution in [1.82, 2.24) is 0 Å². The summed E-state index contributed by atoms with van der Waals surface area (Å²) in [5, 5.41) is 10.2. The summed E-state index contributed by atoms with van der Waals surface area (Å²) in [6, 6.07) is 18.6. The zero-order chi connectivity index (χ0) is 14.4. The predicted molar refractivity (Wildman–Crippen MR) is 84.7 cm³/mol. The van der Waals surface area contributed by atoms with E-state index in [2.05, 4.69) is 38.1 Å². The lowest BCUT2D eigenvalue weighted by Crippen LogP contribution is -2.00. The molecule has 2 aromatic carbocycles. The SMILES string of the molecule is CC(C)Cc1cccc(CCC(O)c2ccccc2)c1. The fraction of sp³-hybridized carbons (Fsp3) is 0.368. The van der Waals surface area contributed by atoms with Gasteiger partial charge in [-0.3, -0.25) is 0 Å². The van der Waals surface area contributed by atoms with Crippen LogP contribution in [-0.2, 0) is 12.8 Å². The highest BCUT2D eigenvalue weighted by Gasteiger charge is 2.07. The first kappa shape index (κ1) is 14.8. The smallest absolute Gasteiger partial charge is 0.0793 e. The summed E-state index contributed by atoms with van der Waals surface area (Å²) >= 11 is 0. The zero-order valence-electron chi connectivity index (χ0n) is 12.4. The van der Waals surface area contributed by atoms with Crippen LogP contribution in [0.1, 0.15) is 43.1 Å².